The monoisotopic (exact) mass is 647 g/mol. The molecule has 45 heavy (non-hydrogen) atoms. The Morgan fingerprint density at radius 1 is 1.16 bits per heavy atom. The summed E-state index contributed by atoms with van der Waals surface area (Å²) in [5.74, 6) is -3.43. The SMILES string of the molecule is CC[C@H](NC(C)=O)c1cc(C)c(Cl)cc1C1CCN(C(=O)[C@@H]2CC(N3C[C@H](O)C[C@@H]3C(=O)O)C[C@H]2C2C=CC(F)=CC2F)CC1. The largest absolute Gasteiger partial charge is 0.480 e. The molecule has 5 rings (SSSR count). The highest BCUT2D eigenvalue weighted by atomic mass is 35.5. The van der Waals surface area contributed by atoms with E-state index in [4.69, 9.17) is 11.6 Å². The quantitative estimate of drug-likeness (QED) is 0.356. The van der Waals surface area contributed by atoms with E-state index in [1.54, 1.807) is 4.90 Å². The van der Waals surface area contributed by atoms with Gasteiger partial charge in [-0.1, -0.05) is 30.7 Å². The lowest BCUT2D eigenvalue weighted by molar-refractivity contribution is -0.143. The highest BCUT2D eigenvalue weighted by molar-refractivity contribution is 6.31. The molecule has 4 aliphatic rings. The van der Waals surface area contributed by atoms with E-state index in [0.29, 0.717) is 43.8 Å². The number of carboxylic acid groups (broad SMARTS) is 1. The number of alkyl halides is 1. The topological polar surface area (TPSA) is 110 Å². The van der Waals surface area contributed by atoms with Crippen LogP contribution in [0.3, 0.4) is 0 Å². The molecule has 2 amide bonds. The van der Waals surface area contributed by atoms with Crippen molar-refractivity contribution in [3.05, 3.63) is 57.9 Å². The molecule has 2 heterocycles. The molecule has 0 radical (unpaired) electrons. The van der Waals surface area contributed by atoms with Crippen LogP contribution in [0.5, 0.6) is 0 Å². The number of aryl methyl sites for hydroxylation is 1. The molecule has 3 N–H and O–H groups in total. The van der Waals surface area contributed by atoms with E-state index >= 15 is 4.39 Å². The Balaban J connectivity index is 1.35. The first-order chi connectivity index (χ1) is 21.4. The number of β-amino-alcohol motifs (C(OH)–C–C–N with tert-alkyl or cyclic N) is 1. The Hall–Kier alpha value is -2.82. The number of likely N-dealkylation sites (tertiary alicyclic amines) is 2. The first-order valence-electron chi connectivity index (χ1n) is 16.1. The van der Waals surface area contributed by atoms with Crippen LogP contribution in [0, 0.1) is 24.7 Å². The second-order valence-electron chi connectivity index (χ2n) is 13.3. The summed E-state index contributed by atoms with van der Waals surface area (Å²) in [5, 5.41) is 23.8. The van der Waals surface area contributed by atoms with Gasteiger partial charge < -0.3 is 20.4 Å². The molecule has 8 atom stereocenters. The maximum atomic E-state index is 15.2. The Labute approximate surface area is 268 Å². The predicted molar refractivity (Wildman–Crippen MR) is 167 cm³/mol. The molecule has 1 aromatic rings. The molecule has 0 aromatic heterocycles. The number of allylic oxidation sites excluding steroid dienone is 4. The highest BCUT2D eigenvalue weighted by Crippen LogP contribution is 2.46. The lowest BCUT2D eigenvalue weighted by Gasteiger charge is -2.37. The Kier molecular flexibility index (Phi) is 10.4. The number of benzene rings is 1. The molecule has 3 unspecified atom stereocenters. The van der Waals surface area contributed by atoms with Crippen molar-refractivity contribution in [3.8, 4) is 0 Å². The van der Waals surface area contributed by atoms with Gasteiger partial charge in [0.25, 0.3) is 0 Å². The van der Waals surface area contributed by atoms with Crippen LogP contribution in [0.15, 0.2) is 36.2 Å². The van der Waals surface area contributed by atoms with Gasteiger partial charge in [-0.2, -0.15) is 0 Å². The zero-order chi connectivity index (χ0) is 32.6. The fraction of sp³-hybridized carbons (Fsp3) is 0.618. The van der Waals surface area contributed by atoms with E-state index in [9.17, 15) is 29.0 Å². The molecule has 8 nitrogen and oxygen atoms in total. The maximum Gasteiger partial charge on any atom is 0.321 e. The minimum absolute atomic E-state index is 0.0879. The van der Waals surface area contributed by atoms with E-state index in [2.05, 4.69) is 5.32 Å². The summed E-state index contributed by atoms with van der Waals surface area (Å²) in [6, 6.07) is 2.70. The molecule has 3 fully saturated rings. The van der Waals surface area contributed by atoms with Crippen molar-refractivity contribution >= 4 is 29.4 Å². The minimum Gasteiger partial charge on any atom is -0.480 e. The summed E-state index contributed by atoms with van der Waals surface area (Å²) >= 11 is 6.57. The Morgan fingerprint density at radius 2 is 1.87 bits per heavy atom. The van der Waals surface area contributed by atoms with E-state index in [1.165, 1.54) is 19.1 Å². The van der Waals surface area contributed by atoms with Gasteiger partial charge in [0.05, 0.1) is 12.1 Å². The smallest absolute Gasteiger partial charge is 0.321 e. The number of carbonyl (C=O) groups is 3. The number of nitrogens with zero attached hydrogens (tertiary/aromatic N) is 2. The molecule has 11 heteroatoms. The van der Waals surface area contributed by atoms with Gasteiger partial charge in [-0.15, -0.1) is 0 Å². The zero-order valence-electron chi connectivity index (χ0n) is 26.1. The van der Waals surface area contributed by atoms with Gasteiger partial charge in [0, 0.05) is 55.9 Å². The van der Waals surface area contributed by atoms with Gasteiger partial charge in [0.1, 0.15) is 18.0 Å². The molecule has 0 spiro atoms. The number of halogens is 3. The number of carbonyl (C=O) groups excluding carboxylic acids is 2. The van der Waals surface area contributed by atoms with Crippen LogP contribution in [0.1, 0.15) is 81.0 Å². The first-order valence-corrected chi connectivity index (χ1v) is 16.5. The van der Waals surface area contributed by atoms with Crippen LogP contribution in [-0.4, -0.2) is 81.8 Å². The molecule has 0 bridgehead atoms. The third-order valence-corrected chi connectivity index (χ3v) is 10.8. The molecular weight excluding hydrogens is 604 g/mol. The number of aliphatic carboxylic acids is 1. The van der Waals surface area contributed by atoms with Gasteiger partial charge in [0.2, 0.25) is 11.8 Å². The second-order valence-corrected chi connectivity index (χ2v) is 13.7. The summed E-state index contributed by atoms with van der Waals surface area (Å²) < 4.78 is 29.1. The number of aliphatic hydroxyl groups is 1. The van der Waals surface area contributed by atoms with Crippen molar-refractivity contribution in [2.75, 3.05) is 19.6 Å². The fourth-order valence-corrected chi connectivity index (χ4v) is 8.35. The van der Waals surface area contributed by atoms with E-state index in [1.807, 2.05) is 30.9 Å². The molecule has 2 aliphatic carbocycles. The number of hydrogen-bond acceptors (Lipinski definition) is 5. The van der Waals surface area contributed by atoms with Crippen LogP contribution in [-0.2, 0) is 14.4 Å². The van der Waals surface area contributed by atoms with Crippen LogP contribution in [0.25, 0.3) is 0 Å². The number of hydrogen-bond donors (Lipinski definition) is 3. The van der Waals surface area contributed by atoms with Gasteiger partial charge in [-0.25, -0.2) is 8.78 Å². The van der Waals surface area contributed by atoms with Crippen molar-refractivity contribution < 1.29 is 33.4 Å². The minimum atomic E-state index is -1.58. The summed E-state index contributed by atoms with van der Waals surface area (Å²) in [7, 11) is 0. The van der Waals surface area contributed by atoms with E-state index in [0.717, 1.165) is 29.2 Å². The van der Waals surface area contributed by atoms with E-state index < -0.39 is 47.9 Å². The summed E-state index contributed by atoms with van der Waals surface area (Å²) in [5.41, 5.74) is 3.05. The standard InChI is InChI=1S/C34H44ClF2N3O5/c1-4-31(38-19(3)41)27-11-18(2)29(35)16-25(27)20-7-9-39(10-8-20)33(43)28-14-22(40-17-23(42)15-32(40)34(44)45)13-26(28)24-6-5-21(36)12-30(24)37/h5-6,11-12,16,20,22-24,26,28,30-32,42H,4,7-10,13-15,17H2,1-3H3,(H,38,41)(H,44,45)/t22?,23-,24?,26+,28-,30?,31+,32-/m1/s1. The molecule has 2 aliphatic heterocycles. The number of piperidine rings is 1. The number of aliphatic hydroxyl groups excluding tert-OH is 1. The van der Waals surface area contributed by atoms with Crippen molar-refractivity contribution in [3.63, 3.8) is 0 Å². The lowest BCUT2D eigenvalue weighted by Crippen LogP contribution is -2.44. The molecule has 1 saturated carbocycles. The summed E-state index contributed by atoms with van der Waals surface area (Å²) in [6.07, 6.45) is 4.29. The van der Waals surface area contributed by atoms with Crippen LogP contribution in [0.4, 0.5) is 8.78 Å². The molecule has 246 valence electrons. The number of carboxylic acids is 1. The normalized spacial score (nSPS) is 31.6. The zero-order valence-corrected chi connectivity index (χ0v) is 26.9. The second kappa shape index (κ2) is 13.9. The van der Waals surface area contributed by atoms with Crippen LogP contribution in [0.2, 0.25) is 5.02 Å². The molecule has 2 saturated heterocycles. The van der Waals surface area contributed by atoms with Gasteiger partial charge in [-0.05, 0) is 85.8 Å². The maximum absolute atomic E-state index is 15.2. The average Bonchev–Trinajstić information content (AvgIpc) is 3.61. The molecular formula is C34H44ClF2N3O5. The van der Waals surface area contributed by atoms with E-state index in [-0.39, 0.29) is 42.8 Å². The Bertz CT molecular complexity index is 1360. The van der Waals surface area contributed by atoms with Crippen molar-refractivity contribution in [2.45, 2.75) is 95.6 Å². The number of nitrogens with one attached hydrogen (secondary N) is 1. The Morgan fingerprint density at radius 3 is 2.49 bits per heavy atom. The predicted octanol–water partition coefficient (Wildman–Crippen LogP) is 5.23. The van der Waals surface area contributed by atoms with Crippen molar-refractivity contribution in [2.24, 2.45) is 17.8 Å². The van der Waals surface area contributed by atoms with Crippen LogP contribution >= 0.6 is 11.6 Å². The number of amides is 2. The van der Waals surface area contributed by atoms with Crippen molar-refractivity contribution in [1.29, 1.82) is 0 Å². The highest BCUT2D eigenvalue weighted by Gasteiger charge is 2.51. The van der Waals surface area contributed by atoms with Crippen LogP contribution < -0.4 is 5.32 Å². The van der Waals surface area contributed by atoms with Gasteiger partial charge in [-0.3, -0.25) is 19.3 Å². The van der Waals surface area contributed by atoms with Gasteiger partial charge >= 0.3 is 5.97 Å². The molecule has 1 aromatic carbocycles. The van der Waals surface area contributed by atoms with Crippen molar-refractivity contribution in [1.82, 2.24) is 15.1 Å². The lowest BCUT2D eigenvalue weighted by atomic mass is 9.78. The third kappa shape index (κ3) is 7.13. The fourth-order valence-electron chi connectivity index (χ4n) is 8.18. The van der Waals surface area contributed by atoms with Gasteiger partial charge in [0.15, 0.2) is 0 Å². The first kappa shape index (κ1) is 33.5. The average molecular weight is 648 g/mol. The number of rotatable bonds is 8. The summed E-state index contributed by atoms with van der Waals surface area (Å²) in [4.78, 5) is 41.7. The third-order valence-electron chi connectivity index (χ3n) is 10.4. The summed E-state index contributed by atoms with van der Waals surface area (Å²) in [6.45, 7) is 6.65.